The van der Waals surface area contributed by atoms with Crippen molar-refractivity contribution in [3.8, 4) is 0 Å². The molecule has 7 heteroatoms. The Morgan fingerprint density at radius 1 is 1.10 bits per heavy atom. The first-order valence-electron chi connectivity index (χ1n) is 5.98. The molecule has 0 unspecified atom stereocenters. The van der Waals surface area contributed by atoms with Crippen LogP contribution in [0.3, 0.4) is 0 Å². The molecule has 0 spiro atoms. The van der Waals surface area contributed by atoms with E-state index < -0.39 is 27.1 Å². The molecular weight excluding hydrogens is 294 g/mol. The number of nitro groups is 1. The molecule has 0 aliphatic heterocycles. The number of thiol groups is 1. The van der Waals surface area contributed by atoms with Gasteiger partial charge < -0.3 is 0 Å². The Hall–Kier alpha value is -2.54. The summed E-state index contributed by atoms with van der Waals surface area (Å²) < 4.78 is 21.4. The van der Waals surface area contributed by atoms with E-state index in [0.29, 0.717) is 5.56 Å². The monoisotopic (exact) mass is 305 g/mol. The number of ketones is 1. The molecule has 0 aliphatic rings. The summed E-state index contributed by atoms with van der Waals surface area (Å²) in [4.78, 5) is 22.7. The summed E-state index contributed by atoms with van der Waals surface area (Å²) in [6.07, 6.45) is 0. The first-order chi connectivity index (χ1) is 9.99. The first kappa shape index (κ1) is 14.9. The lowest BCUT2D eigenvalue weighted by Crippen LogP contribution is -2.06. The molecule has 0 radical (unpaired) electrons. The predicted octanol–water partition coefficient (Wildman–Crippen LogP) is 1.94. The Bertz CT molecular complexity index is 760. The van der Waals surface area contributed by atoms with Gasteiger partial charge in [0.1, 0.15) is 16.3 Å². The Morgan fingerprint density at radius 2 is 1.76 bits per heavy atom. The molecule has 0 N–H and O–H groups in total. The van der Waals surface area contributed by atoms with Crippen LogP contribution in [0.15, 0.2) is 48.5 Å². The van der Waals surface area contributed by atoms with Crippen LogP contribution in [0.5, 0.6) is 0 Å². The average molecular weight is 305 g/mol. The average Bonchev–Trinajstić information content (AvgIpc) is 2.46. The first-order valence-corrected chi connectivity index (χ1v) is 7.34. The van der Waals surface area contributed by atoms with Crippen LogP contribution >= 0.6 is 0 Å². The van der Waals surface area contributed by atoms with Crippen LogP contribution < -0.4 is 0 Å². The summed E-state index contributed by atoms with van der Waals surface area (Å²) in [5, 5.41) is 11.1. The fraction of sp³-hybridized carbons (Fsp3) is 0.0714. The van der Waals surface area contributed by atoms with E-state index in [-0.39, 0.29) is 16.9 Å². The van der Waals surface area contributed by atoms with Crippen molar-refractivity contribution in [2.75, 3.05) is 0 Å². The molecule has 2 aromatic carbocycles. The van der Waals surface area contributed by atoms with Crippen molar-refractivity contribution < 1.29 is 18.1 Å². The number of hydrogen-bond donors (Lipinski definition) is 1. The zero-order chi connectivity index (χ0) is 15.4. The smallest absolute Gasteiger partial charge is 0.280 e. The minimum absolute atomic E-state index is 0.0592. The lowest BCUT2D eigenvalue weighted by Gasteiger charge is -2.04. The van der Waals surface area contributed by atoms with Gasteiger partial charge in [-0.25, -0.2) is 8.42 Å². The predicted molar refractivity (Wildman–Crippen MR) is 77.0 cm³/mol. The van der Waals surface area contributed by atoms with Crippen LogP contribution in [-0.2, 0) is 16.5 Å². The number of rotatable bonds is 5. The number of benzene rings is 2. The molecule has 6 nitrogen and oxygen atoms in total. The fourth-order valence-electron chi connectivity index (χ4n) is 1.91. The van der Waals surface area contributed by atoms with Gasteiger partial charge >= 0.3 is 0 Å². The Balaban J connectivity index is 2.48. The molecule has 21 heavy (non-hydrogen) atoms. The van der Waals surface area contributed by atoms with Crippen LogP contribution in [0, 0.1) is 10.1 Å². The van der Waals surface area contributed by atoms with Gasteiger partial charge in [0.05, 0.1) is 10.7 Å². The molecule has 0 amide bonds. The number of carbonyl (C=O) groups excluding carboxylic acids is 1. The summed E-state index contributed by atoms with van der Waals surface area (Å²) in [7, 11) is -2.68. The number of hydrogen-bond acceptors (Lipinski definition) is 5. The molecule has 0 saturated heterocycles. The molecule has 0 bridgehead atoms. The van der Waals surface area contributed by atoms with E-state index in [1.54, 1.807) is 30.3 Å². The lowest BCUT2D eigenvalue weighted by molar-refractivity contribution is -0.385. The Kier molecular flexibility index (Phi) is 4.44. The fourth-order valence-corrected chi connectivity index (χ4v) is 2.41. The van der Waals surface area contributed by atoms with Gasteiger partial charge in [0.25, 0.3) is 5.69 Å². The largest absolute Gasteiger partial charge is 0.288 e. The van der Waals surface area contributed by atoms with Gasteiger partial charge in [0.2, 0.25) is 0 Å². The van der Waals surface area contributed by atoms with E-state index in [1.807, 2.05) is 0 Å². The molecule has 0 fully saturated rings. The van der Waals surface area contributed by atoms with Crippen molar-refractivity contribution >= 4 is 22.2 Å². The van der Waals surface area contributed by atoms with E-state index >= 15 is 0 Å². The van der Waals surface area contributed by atoms with Crippen molar-refractivity contribution in [3.05, 3.63) is 75.3 Å². The maximum absolute atomic E-state index is 12.3. The second kappa shape index (κ2) is 6.27. The second-order valence-corrected chi connectivity index (χ2v) is 5.28. The van der Waals surface area contributed by atoms with Gasteiger partial charge in [-0.05, 0) is 11.6 Å². The van der Waals surface area contributed by atoms with Crippen LogP contribution in [0.1, 0.15) is 21.5 Å². The van der Waals surface area contributed by atoms with Gasteiger partial charge in [-0.1, -0.05) is 36.4 Å². The minimum atomic E-state index is -2.68. The van der Waals surface area contributed by atoms with Gasteiger partial charge in [-0.2, -0.15) is 0 Å². The van der Waals surface area contributed by atoms with Gasteiger partial charge in [0, 0.05) is 11.6 Å². The summed E-state index contributed by atoms with van der Waals surface area (Å²) >= 11 is 0. The minimum Gasteiger partial charge on any atom is -0.288 e. The van der Waals surface area contributed by atoms with Crippen molar-refractivity contribution in [2.24, 2.45) is 0 Å². The highest BCUT2D eigenvalue weighted by atomic mass is 32.2. The quantitative estimate of drug-likeness (QED) is 0.394. The van der Waals surface area contributed by atoms with E-state index in [4.69, 9.17) is 0 Å². The highest BCUT2D eigenvalue weighted by Crippen LogP contribution is 2.23. The third kappa shape index (κ3) is 3.51. The van der Waals surface area contributed by atoms with E-state index in [0.717, 1.165) is 6.07 Å². The zero-order valence-electron chi connectivity index (χ0n) is 10.8. The molecular formula is C14H11NO5S. The SMILES string of the molecule is O=C(c1ccccc1)c1ccc(C[SH](=O)=O)cc1[N+](=O)[O-]. The summed E-state index contributed by atoms with van der Waals surface area (Å²) in [5.74, 6) is -0.768. The van der Waals surface area contributed by atoms with E-state index in [1.165, 1.54) is 12.1 Å². The van der Waals surface area contributed by atoms with E-state index in [9.17, 15) is 23.3 Å². The van der Waals surface area contributed by atoms with Crippen molar-refractivity contribution in [2.45, 2.75) is 5.75 Å². The maximum atomic E-state index is 12.3. The molecule has 0 aromatic heterocycles. The molecule has 2 aromatic rings. The lowest BCUT2D eigenvalue weighted by atomic mass is 10.0. The maximum Gasteiger partial charge on any atom is 0.280 e. The number of nitro benzene ring substituents is 1. The highest BCUT2D eigenvalue weighted by Gasteiger charge is 2.21. The normalized spacial score (nSPS) is 10.5. The Labute approximate surface area is 122 Å². The second-order valence-electron chi connectivity index (χ2n) is 4.29. The third-order valence-electron chi connectivity index (χ3n) is 2.85. The standard InChI is InChI=1S/C14H11NO5S/c16-14(11-4-2-1-3-5-11)12-7-6-10(9-21(19)20)8-13(12)15(17)18/h1-8,21H,9H2. The molecule has 2 rings (SSSR count). The van der Waals surface area contributed by atoms with Crippen LogP contribution in [0.4, 0.5) is 5.69 Å². The number of nitrogens with zero attached hydrogens (tertiary/aromatic N) is 1. The molecule has 0 saturated carbocycles. The molecule has 0 aliphatic carbocycles. The van der Waals surface area contributed by atoms with Gasteiger partial charge in [-0.3, -0.25) is 14.9 Å². The van der Waals surface area contributed by atoms with E-state index in [2.05, 4.69) is 0 Å². The van der Waals surface area contributed by atoms with Crippen LogP contribution in [0.25, 0.3) is 0 Å². The van der Waals surface area contributed by atoms with Crippen molar-refractivity contribution in [1.82, 2.24) is 0 Å². The summed E-state index contributed by atoms with van der Waals surface area (Å²) in [6.45, 7) is 0. The van der Waals surface area contributed by atoms with Crippen molar-refractivity contribution in [3.63, 3.8) is 0 Å². The zero-order valence-corrected chi connectivity index (χ0v) is 11.7. The molecule has 0 heterocycles. The summed E-state index contributed by atoms with van der Waals surface area (Å²) in [6, 6.07) is 12.0. The van der Waals surface area contributed by atoms with Crippen LogP contribution in [-0.4, -0.2) is 19.1 Å². The van der Waals surface area contributed by atoms with Gasteiger partial charge in [-0.15, -0.1) is 0 Å². The molecule has 0 atom stereocenters. The Morgan fingerprint density at radius 3 is 2.33 bits per heavy atom. The van der Waals surface area contributed by atoms with Gasteiger partial charge in [0.15, 0.2) is 5.78 Å². The summed E-state index contributed by atoms with van der Waals surface area (Å²) in [5.41, 5.74) is 0.167. The van der Waals surface area contributed by atoms with Crippen LogP contribution in [0.2, 0.25) is 0 Å². The molecule has 108 valence electrons. The number of carbonyl (C=O) groups is 1. The highest BCUT2D eigenvalue weighted by molar-refractivity contribution is 7.71. The third-order valence-corrected chi connectivity index (χ3v) is 3.47. The van der Waals surface area contributed by atoms with Crippen molar-refractivity contribution in [1.29, 1.82) is 0 Å². The topological polar surface area (TPSA) is 94.3 Å².